The SMILES string of the molecule is CN1CCC(=O)C2CCC21. The highest BCUT2D eigenvalue weighted by Gasteiger charge is 2.41. The maximum absolute atomic E-state index is 11.2. The van der Waals surface area contributed by atoms with E-state index in [4.69, 9.17) is 0 Å². The van der Waals surface area contributed by atoms with Crippen LogP contribution < -0.4 is 0 Å². The minimum atomic E-state index is 0.416. The molecule has 0 aromatic carbocycles. The number of nitrogens with zero attached hydrogens (tertiary/aromatic N) is 1. The fraction of sp³-hybridized carbons (Fsp3) is 0.875. The fourth-order valence-corrected chi connectivity index (χ4v) is 2.02. The van der Waals surface area contributed by atoms with Crippen molar-refractivity contribution >= 4 is 5.78 Å². The van der Waals surface area contributed by atoms with Crippen molar-refractivity contribution in [3.05, 3.63) is 0 Å². The van der Waals surface area contributed by atoms with Crippen LogP contribution >= 0.6 is 0 Å². The van der Waals surface area contributed by atoms with Crippen LogP contribution in [0.25, 0.3) is 0 Å². The van der Waals surface area contributed by atoms with Gasteiger partial charge in [-0.15, -0.1) is 0 Å². The number of carbonyl (C=O) groups excluding carboxylic acids is 1. The zero-order valence-corrected chi connectivity index (χ0v) is 6.34. The first kappa shape index (κ1) is 6.35. The Bertz CT molecular complexity index is 167. The highest BCUT2D eigenvalue weighted by atomic mass is 16.1. The molecule has 56 valence electrons. The van der Waals surface area contributed by atoms with E-state index in [0.717, 1.165) is 19.4 Å². The summed E-state index contributed by atoms with van der Waals surface area (Å²) in [6.07, 6.45) is 3.18. The second kappa shape index (κ2) is 2.06. The van der Waals surface area contributed by atoms with Gasteiger partial charge in [-0.1, -0.05) is 0 Å². The van der Waals surface area contributed by atoms with Gasteiger partial charge in [-0.05, 0) is 19.9 Å². The zero-order valence-electron chi connectivity index (χ0n) is 6.34. The Morgan fingerprint density at radius 1 is 1.50 bits per heavy atom. The molecule has 10 heavy (non-hydrogen) atoms. The summed E-state index contributed by atoms with van der Waals surface area (Å²) in [5, 5.41) is 0. The van der Waals surface area contributed by atoms with E-state index in [-0.39, 0.29) is 0 Å². The Hall–Kier alpha value is -0.370. The molecule has 0 aromatic heterocycles. The van der Waals surface area contributed by atoms with Crippen molar-refractivity contribution in [1.29, 1.82) is 0 Å². The molecule has 1 aliphatic carbocycles. The van der Waals surface area contributed by atoms with E-state index in [2.05, 4.69) is 11.9 Å². The van der Waals surface area contributed by atoms with Crippen LogP contribution in [0.5, 0.6) is 0 Å². The summed E-state index contributed by atoms with van der Waals surface area (Å²) in [6, 6.07) is 0.612. The average molecular weight is 139 g/mol. The molecule has 1 saturated heterocycles. The van der Waals surface area contributed by atoms with Gasteiger partial charge in [0.25, 0.3) is 0 Å². The number of hydrogen-bond donors (Lipinski definition) is 0. The van der Waals surface area contributed by atoms with E-state index in [9.17, 15) is 4.79 Å². The van der Waals surface area contributed by atoms with Gasteiger partial charge >= 0.3 is 0 Å². The molecule has 2 unspecified atom stereocenters. The van der Waals surface area contributed by atoms with Crippen LogP contribution in [-0.2, 0) is 4.79 Å². The van der Waals surface area contributed by atoms with Gasteiger partial charge in [-0.2, -0.15) is 0 Å². The molecule has 1 heterocycles. The predicted octanol–water partition coefficient (Wildman–Crippen LogP) is 0.670. The van der Waals surface area contributed by atoms with Gasteiger partial charge in [-0.3, -0.25) is 4.79 Å². The normalized spacial score (nSPS) is 40.7. The van der Waals surface area contributed by atoms with E-state index in [1.54, 1.807) is 0 Å². The van der Waals surface area contributed by atoms with Crippen LogP contribution in [0.15, 0.2) is 0 Å². The summed E-state index contributed by atoms with van der Waals surface area (Å²) in [4.78, 5) is 13.5. The van der Waals surface area contributed by atoms with Gasteiger partial charge in [0, 0.05) is 24.9 Å². The van der Waals surface area contributed by atoms with E-state index >= 15 is 0 Å². The molecule has 2 atom stereocenters. The van der Waals surface area contributed by atoms with Crippen molar-refractivity contribution < 1.29 is 4.79 Å². The van der Waals surface area contributed by atoms with Crippen LogP contribution in [0.3, 0.4) is 0 Å². The molecule has 2 nitrogen and oxygen atoms in total. The van der Waals surface area contributed by atoms with Gasteiger partial charge in [0.2, 0.25) is 0 Å². The largest absolute Gasteiger partial charge is 0.302 e. The second-order valence-corrected chi connectivity index (χ2v) is 3.45. The van der Waals surface area contributed by atoms with E-state index < -0.39 is 0 Å². The molecule has 0 radical (unpaired) electrons. The van der Waals surface area contributed by atoms with Gasteiger partial charge in [-0.25, -0.2) is 0 Å². The zero-order chi connectivity index (χ0) is 7.14. The summed E-state index contributed by atoms with van der Waals surface area (Å²) < 4.78 is 0. The van der Waals surface area contributed by atoms with E-state index in [1.807, 2.05) is 0 Å². The van der Waals surface area contributed by atoms with Crippen molar-refractivity contribution in [2.45, 2.75) is 25.3 Å². The highest BCUT2D eigenvalue weighted by molar-refractivity contribution is 5.83. The summed E-state index contributed by atoms with van der Waals surface area (Å²) in [7, 11) is 2.13. The summed E-state index contributed by atoms with van der Waals surface area (Å²) in [6.45, 7) is 0.986. The Kier molecular flexibility index (Phi) is 1.31. The lowest BCUT2D eigenvalue weighted by Crippen LogP contribution is -2.53. The van der Waals surface area contributed by atoms with Crippen LogP contribution in [0.2, 0.25) is 0 Å². The Morgan fingerprint density at radius 3 is 2.80 bits per heavy atom. The molecule has 0 aromatic rings. The third-order valence-corrected chi connectivity index (χ3v) is 2.93. The standard InChI is InChI=1S/C8H13NO/c1-9-5-4-8(10)6-2-3-7(6)9/h6-7H,2-5H2,1H3. The quantitative estimate of drug-likeness (QED) is 0.491. The van der Waals surface area contributed by atoms with Crippen molar-refractivity contribution in [2.24, 2.45) is 5.92 Å². The fourth-order valence-electron chi connectivity index (χ4n) is 2.02. The van der Waals surface area contributed by atoms with Gasteiger partial charge < -0.3 is 4.90 Å². The number of likely N-dealkylation sites (tertiary alicyclic amines) is 1. The minimum absolute atomic E-state index is 0.416. The highest BCUT2D eigenvalue weighted by Crippen LogP contribution is 2.35. The predicted molar refractivity (Wildman–Crippen MR) is 38.8 cm³/mol. The number of Topliss-reactive ketones (excluding diaryl/α,β-unsaturated/α-hetero) is 1. The van der Waals surface area contributed by atoms with Crippen molar-refractivity contribution in [3.63, 3.8) is 0 Å². The molecule has 2 heteroatoms. The monoisotopic (exact) mass is 139 g/mol. The molecule has 0 spiro atoms. The molecular weight excluding hydrogens is 126 g/mol. The number of ketones is 1. The maximum Gasteiger partial charge on any atom is 0.138 e. The molecular formula is C8H13NO. The van der Waals surface area contributed by atoms with Crippen molar-refractivity contribution in [2.75, 3.05) is 13.6 Å². The van der Waals surface area contributed by atoms with Crippen LogP contribution in [0.4, 0.5) is 0 Å². The Morgan fingerprint density at radius 2 is 2.30 bits per heavy atom. The summed E-state index contributed by atoms with van der Waals surface area (Å²) >= 11 is 0. The lowest BCUT2D eigenvalue weighted by Gasteiger charge is -2.45. The van der Waals surface area contributed by atoms with Gasteiger partial charge in [0.05, 0.1) is 0 Å². The van der Waals surface area contributed by atoms with Gasteiger partial charge in [0.15, 0.2) is 0 Å². The molecule has 1 saturated carbocycles. The molecule has 2 fully saturated rings. The molecule has 0 N–H and O–H groups in total. The smallest absolute Gasteiger partial charge is 0.138 e. The topological polar surface area (TPSA) is 20.3 Å². The first-order chi connectivity index (χ1) is 4.79. The van der Waals surface area contributed by atoms with Crippen molar-refractivity contribution in [3.8, 4) is 0 Å². The lowest BCUT2D eigenvalue weighted by molar-refractivity contribution is -0.133. The van der Waals surface area contributed by atoms with Crippen molar-refractivity contribution in [1.82, 2.24) is 4.90 Å². The number of carbonyl (C=O) groups is 1. The van der Waals surface area contributed by atoms with E-state index in [1.165, 1.54) is 6.42 Å². The van der Waals surface area contributed by atoms with Crippen LogP contribution in [0.1, 0.15) is 19.3 Å². The van der Waals surface area contributed by atoms with E-state index in [0.29, 0.717) is 17.7 Å². The first-order valence-electron chi connectivity index (χ1n) is 4.02. The summed E-state index contributed by atoms with van der Waals surface area (Å²) in [5.41, 5.74) is 0. The van der Waals surface area contributed by atoms with Gasteiger partial charge in [0.1, 0.15) is 5.78 Å². The molecule has 2 rings (SSSR count). The third-order valence-electron chi connectivity index (χ3n) is 2.93. The molecule has 0 bridgehead atoms. The number of rotatable bonds is 0. The molecule has 1 aliphatic heterocycles. The maximum atomic E-state index is 11.2. The number of fused-ring (bicyclic) bond motifs is 1. The Labute approximate surface area is 61.2 Å². The third kappa shape index (κ3) is 0.717. The molecule has 2 aliphatic rings. The lowest BCUT2D eigenvalue weighted by atomic mass is 9.73. The first-order valence-corrected chi connectivity index (χ1v) is 4.02. The Balaban J connectivity index is 2.09. The number of piperidine rings is 1. The average Bonchev–Trinajstić information content (AvgIpc) is 1.78. The number of hydrogen-bond acceptors (Lipinski definition) is 2. The van der Waals surface area contributed by atoms with Crippen LogP contribution in [0, 0.1) is 5.92 Å². The molecule has 0 amide bonds. The summed E-state index contributed by atoms with van der Waals surface area (Å²) in [5.74, 6) is 0.924. The van der Waals surface area contributed by atoms with Crippen LogP contribution in [-0.4, -0.2) is 30.3 Å². The second-order valence-electron chi connectivity index (χ2n) is 3.45. The minimum Gasteiger partial charge on any atom is -0.302 e.